The molecule has 1 aromatic rings. The van der Waals surface area contributed by atoms with Crippen molar-refractivity contribution in [2.24, 2.45) is 5.92 Å². The van der Waals surface area contributed by atoms with E-state index < -0.39 is 0 Å². The summed E-state index contributed by atoms with van der Waals surface area (Å²) in [6, 6.07) is 6.63. The molecule has 4 heteroatoms. The van der Waals surface area contributed by atoms with Gasteiger partial charge in [0.1, 0.15) is 17.6 Å². The SMILES string of the molecule is Cc1cc(C#N)nc(N2CCCC2C2CCCOC2)c1. The Balaban J connectivity index is 1.84. The summed E-state index contributed by atoms with van der Waals surface area (Å²) in [5.74, 6) is 1.58. The second-order valence-corrected chi connectivity index (χ2v) is 5.88. The molecular weight excluding hydrogens is 250 g/mol. The lowest BCUT2D eigenvalue weighted by Crippen LogP contribution is -2.40. The van der Waals surface area contributed by atoms with E-state index in [9.17, 15) is 0 Å². The van der Waals surface area contributed by atoms with Crippen molar-refractivity contribution in [3.63, 3.8) is 0 Å². The number of aryl methyl sites for hydroxylation is 1. The number of nitrogens with zero attached hydrogens (tertiary/aromatic N) is 3. The maximum absolute atomic E-state index is 9.09. The van der Waals surface area contributed by atoms with Gasteiger partial charge in [0.05, 0.1) is 6.61 Å². The molecule has 2 aliphatic heterocycles. The summed E-state index contributed by atoms with van der Waals surface area (Å²) >= 11 is 0. The van der Waals surface area contributed by atoms with Gasteiger partial charge in [-0.1, -0.05) is 0 Å². The van der Waals surface area contributed by atoms with Gasteiger partial charge in [0.15, 0.2) is 0 Å². The standard InChI is InChI=1S/C16H21N3O/c1-12-8-14(10-17)18-16(9-12)19-6-2-5-15(19)13-4-3-7-20-11-13/h8-9,13,15H,2-7,11H2,1H3. The minimum absolute atomic E-state index is 0.519. The molecule has 0 aliphatic carbocycles. The molecule has 3 heterocycles. The maximum atomic E-state index is 9.09. The van der Waals surface area contributed by atoms with E-state index >= 15 is 0 Å². The average molecular weight is 271 g/mol. The van der Waals surface area contributed by atoms with Gasteiger partial charge in [0.25, 0.3) is 0 Å². The fourth-order valence-corrected chi connectivity index (χ4v) is 3.49. The summed E-state index contributed by atoms with van der Waals surface area (Å²) in [4.78, 5) is 6.90. The molecule has 0 radical (unpaired) electrons. The monoisotopic (exact) mass is 271 g/mol. The largest absolute Gasteiger partial charge is 0.381 e. The van der Waals surface area contributed by atoms with Crippen molar-refractivity contribution in [1.82, 2.24) is 4.98 Å². The highest BCUT2D eigenvalue weighted by Crippen LogP contribution is 2.32. The number of pyridine rings is 1. The van der Waals surface area contributed by atoms with Crippen LogP contribution in [0.1, 0.15) is 36.9 Å². The molecule has 2 aliphatic rings. The molecule has 0 spiro atoms. The Morgan fingerprint density at radius 2 is 2.25 bits per heavy atom. The molecule has 3 rings (SSSR count). The summed E-state index contributed by atoms with van der Waals surface area (Å²) in [6.07, 6.45) is 4.84. The van der Waals surface area contributed by atoms with Crippen molar-refractivity contribution in [3.8, 4) is 6.07 Å². The normalized spacial score (nSPS) is 26.5. The van der Waals surface area contributed by atoms with Gasteiger partial charge in [-0.15, -0.1) is 0 Å². The van der Waals surface area contributed by atoms with Crippen molar-refractivity contribution < 1.29 is 4.74 Å². The summed E-state index contributed by atoms with van der Waals surface area (Å²) in [5, 5.41) is 9.09. The lowest BCUT2D eigenvalue weighted by molar-refractivity contribution is 0.0454. The molecule has 2 saturated heterocycles. The molecule has 20 heavy (non-hydrogen) atoms. The predicted octanol–water partition coefficient (Wildman–Crippen LogP) is 2.66. The fraction of sp³-hybridized carbons (Fsp3) is 0.625. The summed E-state index contributed by atoms with van der Waals surface area (Å²) in [7, 11) is 0. The smallest absolute Gasteiger partial charge is 0.143 e. The molecule has 0 N–H and O–H groups in total. The van der Waals surface area contributed by atoms with E-state index in [0.29, 0.717) is 17.7 Å². The highest BCUT2D eigenvalue weighted by Gasteiger charge is 2.33. The molecule has 0 aromatic carbocycles. The van der Waals surface area contributed by atoms with E-state index in [0.717, 1.165) is 31.1 Å². The van der Waals surface area contributed by atoms with Crippen LogP contribution < -0.4 is 4.90 Å². The number of ether oxygens (including phenoxy) is 1. The van der Waals surface area contributed by atoms with E-state index in [1.54, 1.807) is 0 Å². The Hall–Kier alpha value is -1.60. The van der Waals surface area contributed by atoms with Crippen molar-refractivity contribution in [1.29, 1.82) is 5.26 Å². The number of aromatic nitrogens is 1. The number of nitriles is 1. The summed E-state index contributed by atoms with van der Waals surface area (Å²) < 4.78 is 5.65. The Bertz CT molecular complexity index is 517. The van der Waals surface area contributed by atoms with Gasteiger partial charge < -0.3 is 9.64 Å². The van der Waals surface area contributed by atoms with E-state index in [4.69, 9.17) is 10.00 Å². The van der Waals surface area contributed by atoms with Crippen molar-refractivity contribution in [3.05, 3.63) is 23.4 Å². The second-order valence-electron chi connectivity index (χ2n) is 5.88. The lowest BCUT2D eigenvalue weighted by atomic mass is 9.92. The molecule has 2 atom stereocenters. The number of anilines is 1. The van der Waals surface area contributed by atoms with Gasteiger partial charge in [-0.05, 0) is 50.3 Å². The molecule has 106 valence electrons. The van der Waals surface area contributed by atoms with Crippen molar-refractivity contribution in [2.45, 2.75) is 38.6 Å². The van der Waals surface area contributed by atoms with Crippen molar-refractivity contribution in [2.75, 3.05) is 24.7 Å². The molecule has 0 amide bonds. The van der Waals surface area contributed by atoms with E-state index in [1.165, 1.54) is 25.7 Å². The third-order valence-corrected chi connectivity index (χ3v) is 4.40. The summed E-state index contributed by atoms with van der Waals surface area (Å²) in [6.45, 7) is 4.85. The van der Waals surface area contributed by atoms with Crippen LogP contribution in [0.3, 0.4) is 0 Å². The zero-order valence-corrected chi connectivity index (χ0v) is 12.0. The van der Waals surface area contributed by atoms with Gasteiger partial charge >= 0.3 is 0 Å². The number of hydrogen-bond acceptors (Lipinski definition) is 4. The molecule has 2 unspecified atom stereocenters. The topological polar surface area (TPSA) is 49.2 Å². The first-order chi connectivity index (χ1) is 9.78. The Kier molecular flexibility index (Phi) is 3.88. The average Bonchev–Trinajstić information content (AvgIpc) is 2.97. The Labute approximate surface area is 120 Å². The van der Waals surface area contributed by atoms with Gasteiger partial charge in [-0.25, -0.2) is 4.98 Å². The third kappa shape index (κ3) is 2.64. The first-order valence-corrected chi connectivity index (χ1v) is 7.51. The van der Waals surface area contributed by atoms with Crippen LogP contribution in [-0.4, -0.2) is 30.8 Å². The quantitative estimate of drug-likeness (QED) is 0.829. The van der Waals surface area contributed by atoms with Gasteiger partial charge in [0.2, 0.25) is 0 Å². The lowest BCUT2D eigenvalue weighted by Gasteiger charge is -2.34. The molecule has 4 nitrogen and oxygen atoms in total. The van der Waals surface area contributed by atoms with E-state index in [-0.39, 0.29) is 0 Å². The first-order valence-electron chi connectivity index (χ1n) is 7.51. The molecule has 0 bridgehead atoms. The Morgan fingerprint density at radius 3 is 3.00 bits per heavy atom. The molecule has 1 aromatic heterocycles. The van der Waals surface area contributed by atoms with Crippen LogP contribution >= 0.6 is 0 Å². The van der Waals surface area contributed by atoms with Crippen LogP contribution in [-0.2, 0) is 4.74 Å². The third-order valence-electron chi connectivity index (χ3n) is 4.40. The number of rotatable bonds is 2. The predicted molar refractivity (Wildman–Crippen MR) is 77.6 cm³/mol. The number of hydrogen-bond donors (Lipinski definition) is 0. The van der Waals surface area contributed by atoms with E-state index in [2.05, 4.69) is 22.0 Å². The fourth-order valence-electron chi connectivity index (χ4n) is 3.49. The Morgan fingerprint density at radius 1 is 1.35 bits per heavy atom. The zero-order chi connectivity index (χ0) is 13.9. The minimum Gasteiger partial charge on any atom is -0.381 e. The van der Waals surface area contributed by atoms with Crippen LogP contribution in [0, 0.1) is 24.2 Å². The van der Waals surface area contributed by atoms with Gasteiger partial charge in [-0.3, -0.25) is 0 Å². The molecule has 0 saturated carbocycles. The highest BCUT2D eigenvalue weighted by molar-refractivity contribution is 5.46. The highest BCUT2D eigenvalue weighted by atomic mass is 16.5. The van der Waals surface area contributed by atoms with E-state index in [1.807, 2.05) is 13.0 Å². The molecule has 2 fully saturated rings. The molecular formula is C16H21N3O. The van der Waals surface area contributed by atoms with Crippen LogP contribution in [0.25, 0.3) is 0 Å². The zero-order valence-electron chi connectivity index (χ0n) is 12.0. The minimum atomic E-state index is 0.519. The van der Waals surface area contributed by atoms with Crippen LogP contribution in [0.2, 0.25) is 0 Å². The van der Waals surface area contributed by atoms with Crippen LogP contribution in [0.5, 0.6) is 0 Å². The van der Waals surface area contributed by atoms with Gasteiger partial charge in [-0.2, -0.15) is 5.26 Å². The second kappa shape index (κ2) is 5.80. The van der Waals surface area contributed by atoms with Crippen LogP contribution in [0.4, 0.5) is 5.82 Å². The van der Waals surface area contributed by atoms with Gasteiger partial charge in [0, 0.05) is 25.1 Å². The summed E-state index contributed by atoms with van der Waals surface area (Å²) in [5.41, 5.74) is 1.63. The first kappa shape index (κ1) is 13.4. The van der Waals surface area contributed by atoms with Crippen LogP contribution in [0.15, 0.2) is 12.1 Å². The van der Waals surface area contributed by atoms with Crippen molar-refractivity contribution >= 4 is 5.82 Å². The maximum Gasteiger partial charge on any atom is 0.143 e.